The maximum atomic E-state index is 11.3. The molecule has 2 rings (SSSR count). The fourth-order valence-corrected chi connectivity index (χ4v) is 4.04. The van der Waals surface area contributed by atoms with Crippen molar-refractivity contribution in [1.29, 1.82) is 0 Å². The van der Waals surface area contributed by atoms with Crippen molar-refractivity contribution < 1.29 is 29.7 Å². The van der Waals surface area contributed by atoms with Crippen LogP contribution in [0.15, 0.2) is 52.3 Å². The zero-order valence-electron chi connectivity index (χ0n) is 11.4. The molecule has 0 unspecified atom stereocenters. The van der Waals surface area contributed by atoms with Gasteiger partial charge < -0.3 is 15.3 Å². The molecule has 118 valence electrons. The van der Waals surface area contributed by atoms with Gasteiger partial charge in [0.15, 0.2) is 0 Å². The summed E-state index contributed by atoms with van der Waals surface area (Å²) in [5.74, 6) is -3.54. The molecule has 23 heavy (non-hydrogen) atoms. The molecular weight excluding hydrogens is 340 g/mol. The molecular formula is C15H10O6S2. The molecule has 0 aliphatic carbocycles. The summed E-state index contributed by atoms with van der Waals surface area (Å²) in [5, 5.41) is 27.2. The van der Waals surface area contributed by atoms with Gasteiger partial charge in [-0.1, -0.05) is 33.7 Å². The van der Waals surface area contributed by atoms with Gasteiger partial charge in [0.1, 0.15) is 0 Å². The maximum Gasteiger partial charge on any atom is 0.336 e. The number of carboxylic acids is 3. The second-order valence-corrected chi connectivity index (χ2v) is 6.50. The molecule has 0 amide bonds. The maximum absolute atomic E-state index is 11.3. The van der Waals surface area contributed by atoms with E-state index in [1.807, 2.05) is 0 Å². The third-order valence-corrected chi connectivity index (χ3v) is 5.28. The van der Waals surface area contributed by atoms with Crippen molar-refractivity contribution in [3.8, 4) is 0 Å². The summed E-state index contributed by atoms with van der Waals surface area (Å²) in [6.45, 7) is 0. The molecule has 0 aliphatic heterocycles. The number of carbonyl (C=O) groups is 3. The Labute approximate surface area is 138 Å². The van der Waals surface area contributed by atoms with Crippen LogP contribution in [0.2, 0.25) is 0 Å². The number of carboxylic acid groups (broad SMARTS) is 3. The molecule has 0 saturated heterocycles. The average Bonchev–Trinajstić information content (AvgIpc) is 2.52. The first kappa shape index (κ1) is 16.9. The first-order valence-corrected chi connectivity index (χ1v) is 8.32. The van der Waals surface area contributed by atoms with Crippen LogP contribution in [0.4, 0.5) is 0 Å². The molecule has 0 heterocycles. The van der Waals surface area contributed by atoms with Crippen molar-refractivity contribution in [2.45, 2.75) is 9.79 Å². The third-order valence-electron chi connectivity index (χ3n) is 2.80. The van der Waals surface area contributed by atoms with Crippen LogP contribution in [0.5, 0.6) is 0 Å². The van der Waals surface area contributed by atoms with Crippen molar-refractivity contribution in [1.82, 2.24) is 0 Å². The van der Waals surface area contributed by atoms with E-state index in [0.29, 0.717) is 9.79 Å². The van der Waals surface area contributed by atoms with Gasteiger partial charge in [-0.2, -0.15) is 0 Å². The second-order valence-electron chi connectivity index (χ2n) is 4.29. The average molecular weight is 350 g/mol. The van der Waals surface area contributed by atoms with E-state index in [-0.39, 0.29) is 16.7 Å². The molecule has 0 aromatic heterocycles. The summed E-state index contributed by atoms with van der Waals surface area (Å²) in [6.07, 6.45) is 0. The van der Waals surface area contributed by atoms with Crippen molar-refractivity contribution >= 4 is 39.5 Å². The largest absolute Gasteiger partial charge is 0.478 e. The Morgan fingerprint density at radius 3 is 1.83 bits per heavy atom. The Bertz CT molecular complexity index is 787. The molecule has 2 aromatic carbocycles. The van der Waals surface area contributed by atoms with E-state index < -0.39 is 17.9 Å². The molecule has 0 radical (unpaired) electrons. The summed E-state index contributed by atoms with van der Waals surface area (Å²) >= 11 is 0. The van der Waals surface area contributed by atoms with Gasteiger partial charge in [0.25, 0.3) is 0 Å². The number of benzene rings is 2. The molecule has 0 saturated carbocycles. The van der Waals surface area contributed by atoms with E-state index in [4.69, 9.17) is 10.2 Å². The van der Waals surface area contributed by atoms with Crippen LogP contribution in [0.3, 0.4) is 0 Å². The van der Waals surface area contributed by atoms with Gasteiger partial charge >= 0.3 is 17.9 Å². The number of hydrogen-bond acceptors (Lipinski definition) is 5. The SMILES string of the molecule is O=C(O)c1ccc(SSc2ccccc2C(=O)O)c(C(=O)O)c1. The molecule has 0 atom stereocenters. The Balaban J connectivity index is 2.29. The third kappa shape index (κ3) is 4.05. The minimum absolute atomic E-state index is 0.115. The Morgan fingerprint density at radius 1 is 0.696 bits per heavy atom. The standard InChI is InChI=1S/C15H10O6S2/c16-13(17)8-5-6-12(10(7-8)15(20)21)23-22-11-4-2-1-3-9(11)14(18)19/h1-7H,(H,16,17)(H,18,19)(H,20,21). The number of rotatable bonds is 6. The molecule has 0 aliphatic rings. The van der Waals surface area contributed by atoms with Gasteiger partial charge in [-0.05, 0) is 30.3 Å². The monoisotopic (exact) mass is 350 g/mol. The number of aromatic carboxylic acids is 3. The van der Waals surface area contributed by atoms with Crippen molar-refractivity contribution in [2.24, 2.45) is 0 Å². The molecule has 2 aromatic rings. The summed E-state index contributed by atoms with van der Waals surface area (Å²) in [4.78, 5) is 34.2. The van der Waals surface area contributed by atoms with Gasteiger partial charge in [-0.3, -0.25) is 0 Å². The van der Waals surface area contributed by atoms with Crippen LogP contribution >= 0.6 is 21.6 Å². The van der Waals surface area contributed by atoms with Crippen LogP contribution in [0.25, 0.3) is 0 Å². The van der Waals surface area contributed by atoms with Gasteiger partial charge in [0, 0.05) is 9.79 Å². The summed E-state index contributed by atoms with van der Waals surface area (Å²) in [7, 11) is 2.16. The second kappa shape index (κ2) is 7.21. The first-order chi connectivity index (χ1) is 10.9. The van der Waals surface area contributed by atoms with E-state index in [1.54, 1.807) is 18.2 Å². The van der Waals surface area contributed by atoms with Gasteiger partial charge in [-0.25, -0.2) is 14.4 Å². The minimum atomic E-state index is -1.25. The Morgan fingerprint density at radius 2 is 1.26 bits per heavy atom. The van der Waals surface area contributed by atoms with Crippen LogP contribution in [0.1, 0.15) is 31.1 Å². The van der Waals surface area contributed by atoms with Gasteiger partial charge in [0.2, 0.25) is 0 Å². The van der Waals surface area contributed by atoms with Crippen molar-refractivity contribution in [3.63, 3.8) is 0 Å². The number of hydrogen-bond donors (Lipinski definition) is 3. The molecule has 8 heteroatoms. The lowest BCUT2D eigenvalue weighted by atomic mass is 10.1. The minimum Gasteiger partial charge on any atom is -0.478 e. The molecule has 0 spiro atoms. The van der Waals surface area contributed by atoms with E-state index >= 15 is 0 Å². The van der Waals surface area contributed by atoms with Crippen LogP contribution in [-0.4, -0.2) is 33.2 Å². The summed E-state index contributed by atoms with van der Waals surface area (Å²) in [6, 6.07) is 10.1. The highest BCUT2D eigenvalue weighted by atomic mass is 33.1. The van der Waals surface area contributed by atoms with Crippen LogP contribution in [-0.2, 0) is 0 Å². The Hall–Kier alpha value is -2.45. The predicted molar refractivity (Wildman–Crippen MR) is 85.5 cm³/mol. The highest BCUT2D eigenvalue weighted by Gasteiger charge is 2.16. The van der Waals surface area contributed by atoms with E-state index in [1.165, 1.54) is 18.2 Å². The highest BCUT2D eigenvalue weighted by Crippen LogP contribution is 2.40. The zero-order chi connectivity index (χ0) is 17.0. The fraction of sp³-hybridized carbons (Fsp3) is 0. The van der Waals surface area contributed by atoms with E-state index in [2.05, 4.69) is 0 Å². The molecule has 6 nitrogen and oxygen atoms in total. The fourth-order valence-electron chi connectivity index (χ4n) is 1.71. The lowest BCUT2D eigenvalue weighted by Gasteiger charge is -2.08. The lowest BCUT2D eigenvalue weighted by molar-refractivity contribution is 0.0679. The van der Waals surface area contributed by atoms with Gasteiger partial charge in [-0.15, -0.1) is 0 Å². The zero-order valence-corrected chi connectivity index (χ0v) is 13.1. The quantitative estimate of drug-likeness (QED) is 0.678. The summed E-state index contributed by atoms with van der Waals surface area (Å²) < 4.78 is 0. The molecule has 3 N–H and O–H groups in total. The van der Waals surface area contributed by atoms with Crippen molar-refractivity contribution in [2.75, 3.05) is 0 Å². The summed E-state index contributed by atoms with van der Waals surface area (Å²) in [5.41, 5.74) is -0.151. The van der Waals surface area contributed by atoms with Crippen LogP contribution in [0, 0.1) is 0 Å². The topological polar surface area (TPSA) is 112 Å². The molecule has 0 bridgehead atoms. The lowest BCUT2D eigenvalue weighted by Crippen LogP contribution is -2.03. The molecule has 0 fully saturated rings. The van der Waals surface area contributed by atoms with Crippen LogP contribution < -0.4 is 0 Å². The van der Waals surface area contributed by atoms with Gasteiger partial charge in [0.05, 0.1) is 16.7 Å². The van der Waals surface area contributed by atoms with Crippen molar-refractivity contribution in [3.05, 3.63) is 59.2 Å². The normalized spacial score (nSPS) is 10.3. The first-order valence-electron chi connectivity index (χ1n) is 6.17. The predicted octanol–water partition coefficient (Wildman–Crippen LogP) is 3.58. The van der Waals surface area contributed by atoms with E-state index in [0.717, 1.165) is 27.7 Å². The smallest absolute Gasteiger partial charge is 0.336 e. The highest BCUT2D eigenvalue weighted by molar-refractivity contribution is 8.76. The Kier molecular flexibility index (Phi) is 5.30. The van der Waals surface area contributed by atoms with E-state index in [9.17, 15) is 19.5 Å².